The van der Waals surface area contributed by atoms with Crippen LogP contribution in [0.2, 0.25) is 0 Å². The zero-order chi connectivity index (χ0) is 14.3. The molecule has 1 saturated carbocycles. The highest BCUT2D eigenvalue weighted by Gasteiger charge is 2.30. The average molecular weight is 336 g/mol. The molecule has 1 aliphatic rings. The normalized spacial score (nSPS) is 21.6. The molecule has 1 aromatic heterocycles. The summed E-state index contributed by atoms with van der Waals surface area (Å²) >= 11 is 3.37. The van der Waals surface area contributed by atoms with E-state index >= 15 is 0 Å². The van der Waals surface area contributed by atoms with Gasteiger partial charge in [-0.3, -0.25) is 0 Å². The summed E-state index contributed by atoms with van der Waals surface area (Å²) in [5.41, 5.74) is 7.79. The second-order valence-electron chi connectivity index (χ2n) is 5.31. The number of nitrogens with zero attached hydrogens (tertiary/aromatic N) is 2. The molecule has 3 nitrogen and oxygen atoms in total. The minimum Gasteiger partial charge on any atom is -0.328 e. The summed E-state index contributed by atoms with van der Waals surface area (Å²) in [7, 11) is 0. The van der Waals surface area contributed by atoms with Crippen LogP contribution >= 0.6 is 15.9 Å². The Morgan fingerprint density at radius 2 is 2.00 bits per heavy atom. The first kappa shape index (κ1) is 13.6. The zero-order valence-corrected chi connectivity index (χ0v) is 12.7. The Bertz CT molecular complexity index is 654. The van der Waals surface area contributed by atoms with Gasteiger partial charge in [0.05, 0.1) is 5.69 Å². The Morgan fingerprint density at radius 1 is 1.25 bits per heavy atom. The van der Waals surface area contributed by atoms with Crippen LogP contribution in [-0.4, -0.2) is 16.0 Å². The zero-order valence-electron chi connectivity index (χ0n) is 11.1. The van der Waals surface area contributed by atoms with Crippen molar-refractivity contribution in [3.05, 3.63) is 46.1 Å². The van der Waals surface area contributed by atoms with Gasteiger partial charge in [-0.05, 0) is 44.0 Å². The average Bonchev–Trinajstić information content (AvgIpc) is 2.37. The van der Waals surface area contributed by atoms with Gasteiger partial charge in [0.15, 0.2) is 0 Å². The van der Waals surface area contributed by atoms with Gasteiger partial charge in [0.25, 0.3) is 0 Å². The second kappa shape index (κ2) is 5.22. The van der Waals surface area contributed by atoms with Crippen molar-refractivity contribution in [2.24, 2.45) is 5.73 Å². The molecule has 1 aromatic carbocycles. The van der Waals surface area contributed by atoms with Gasteiger partial charge in [0.2, 0.25) is 0 Å². The van der Waals surface area contributed by atoms with Crippen molar-refractivity contribution in [1.82, 2.24) is 9.97 Å². The summed E-state index contributed by atoms with van der Waals surface area (Å²) in [6.07, 6.45) is 1.81. The first-order chi connectivity index (χ1) is 9.52. The maximum Gasteiger partial charge on any atom is 0.132 e. The van der Waals surface area contributed by atoms with Crippen LogP contribution in [0.15, 0.2) is 28.7 Å². The molecule has 0 saturated heterocycles. The van der Waals surface area contributed by atoms with Crippen LogP contribution in [0.25, 0.3) is 11.3 Å². The van der Waals surface area contributed by atoms with Crippen molar-refractivity contribution in [1.29, 1.82) is 0 Å². The standard InChI is InChI=1S/C15H15BrFN3/c1-8-4-14(12-7-10(16)2-3-13(12)17)20-15(19-8)9-5-11(18)6-9/h2-4,7,9,11H,5-6,18H2,1H3. The van der Waals surface area contributed by atoms with Crippen molar-refractivity contribution in [2.75, 3.05) is 0 Å². The van der Waals surface area contributed by atoms with Crippen LogP contribution in [0.5, 0.6) is 0 Å². The smallest absolute Gasteiger partial charge is 0.132 e. The highest BCUT2D eigenvalue weighted by atomic mass is 79.9. The third-order valence-corrected chi connectivity index (χ3v) is 4.11. The maximum atomic E-state index is 14.0. The summed E-state index contributed by atoms with van der Waals surface area (Å²) in [6, 6.07) is 6.92. The minimum atomic E-state index is -0.275. The van der Waals surface area contributed by atoms with Crippen LogP contribution in [-0.2, 0) is 0 Å². The van der Waals surface area contributed by atoms with E-state index in [1.165, 1.54) is 6.07 Å². The number of nitrogens with two attached hydrogens (primary N) is 1. The molecule has 5 heteroatoms. The molecule has 2 aromatic rings. The van der Waals surface area contributed by atoms with E-state index in [9.17, 15) is 4.39 Å². The second-order valence-corrected chi connectivity index (χ2v) is 6.22. The molecule has 1 aliphatic carbocycles. The van der Waals surface area contributed by atoms with Crippen molar-refractivity contribution in [2.45, 2.75) is 31.7 Å². The molecule has 3 rings (SSSR count). The van der Waals surface area contributed by atoms with E-state index in [0.29, 0.717) is 17.2 Å². The van der Waals surface area contributed by atoms with Gasteiger partial charge in [0.1, 0.15) is 11.6 Å². The van der Waals surface area contributed by atoms with Crippen molar-refractivity contribution in [3.8, 4) is 11.3 Å². The highest BCUT2D eigenvalue weighted by Crippen LogP contribution is 2.35. The molecule has 0 radical (unpaired) electrons. The van der Waals surface area contributed by atoms with E-state index in [2.05, 4.69) is 25.9 Å². The maximum absolute atomic E-state index is 14.0. The molecule has 1 fully saturated rings. The quantitative estimate of drug-likeness (QED) is 0.912. The molecule has 0 unspecified atom stereocenters. The van der Waals surface area contributed by atoms with Crippen molar-refractivity contribution >= 4 is 15.9 Å². The molecule has 20 heavy (non-hydrogen) atoms. The third kappa shape index (κ3) is 2.60. The van der Waals surface area contributed by atoms with E-state index in [1.54, 1.807) is 12.1 Å². The van der Waals surface area contributed by atoms with E-state index in [0.717, 1.165) is 28.8 Å². The van der Waals surface area contributed by atoms with Crippen molar-refractivity contribution in [3.63, 3.8) is 0 Å². The minimum absolute atomic E-state index is 0.246. The molecule has 1 heterocycles. The molecule has 0 aliphatic heterocycles. The fraction of sp³-hybridized carbons (Fsp3) is 0.333. The molecular weight excluding hydrogens is 321 g/mol. The Hall–Kier alpha value is -1.33. The van der Waals surface area contributed by atoms with Gasteiger partial charge in [-0.2, -0.15) is 0 Å². The molecule has 0 spiro atoms. The Labute approximate surface area is 125 Å². The number of benzene rings is 1. The lowest BCUT2D eigenvalue weighted by atomic mass is 9.80. The van der Waals surface area contributed by atoms with Crippen LogP contribution in [0.1, 0.15) is 30.3 Å². The van der Waals surface area contributed by atoms with Crippen LogP contribution in [0.3, 0.4) is 0 Å². The Balaban J connectivity index is 2.03. The molecule has 2 N–H and O–H groups in total. The van der Waals surface area contributed by atoms with Gasteiger partial charge in [0, 0.05) is 27.7 Å². The first-order valence-electron chi connectivity index (χ1n) is 6.59. The van der Waals surface area contributed by atoms with E-state index < -0.39 is 0 Å². The number of rotatable bonds is 2. The summed E-state index contributed by atoms with van der Waals surface area (Å²) in [6.45, 7) is 1.91. The Morgan fingerprint density at radius 3 is 2.70 bits per heavy atom. The largest absolute Gasteiger partial charge is 0.328 e. The van der Waals surface area contributed by atoms with Crippen LogP contribution in [0.4, 0.5) is 4.39 Å². The van der Waals surface area contributed by atoms with E-state index in [-0.39, 0.29) is 11.9 Å². The number of aromatic nitrogens is 2. The monoisotopic (exact) mass is 335 g/mol. The number of halogens is 2. The fourth-order valence-electron chi connectivity index (χ4n) is 2.48. The topological polar surface area (TPSA) is 51.8 Å². The Kier molecular flexibility index (Phi) is 3.56. The van der Waals surface area contributed by atoms with Gasteiger partial charge in [-0.1, -0.05) is 15.9 Å². The van der Waals surface area contributed by atoms with E-state index in [4.69, 9.17) is 5.73 Å². The molecule has 0 bridgehead atoms. The molecular formula is C15H15BrFN3. The number of hydrogen-bond donors (Lipinski definition) is 1. The SMILES string of the molecule is Cc1cc(-c2cc(Br)ccc2F)nc(C2CC(N)C2)n1. The fourth-order valence-corrected chi connectivity index (χ4v) is 2.84. The van der Waals surface area contributed by atoms with Crippen molar-refractivity contribution < 1.29 is 4.39 Å². The van der Waals surface area contributed by atoms with E-state index in [1.807, 2.05) is 13.0 Å². The predicted octanol–water partition coefficient (Wildman–Crippen LogP) is 3.56. The summed E-state index contributed by atoms with van der Waals surface area (Å²) in [4.78, 5) is 9.00. The van der Waals surface area contributed by atoms with Gasteiger partial charge in [-0.25, -0.2) is 14.4 Å². The first-order valence-corrected chi connectivity index (χ1v) is 7.39. The number of hydrogen-bond acceptors (Lipinski definition) is 3. The summed E-state index contributed by atoms with van der Waals surface area (Å²) < 4.78 is 14.8. The lowest BCUT2D eigenvalue weighted by Crippen LogP contribution is -2.35. The third-order valence-electron chi connectivity index (χ3n) is 3.62. The number of aryl methyl sites for hydroxylation is 1. The van der Waals surface area contributed by atoms with Gasteiger partial charge < -0.3 is 5.73 Å². The lowest BCUT2D eigenvalue weighted by molar-refractivity contribution is 0.338. The predicted molar refractivity (Wildman–Crippen MR) is 79.8 cm³/mol. The summed E-state index contributed by atoms with van der Waals surface area (Å²) in [5, 5.41) is 0. The molecule has 104 valence electrons. The highest BCUT2D eigenvalue weighted by molar-refractivity contribution is 9.10. The molecule has 0 atom stereocenters. The van der Waals surface area contributed by atoms with Gasteiger partial charge in [-0.15, -0.1) is 0 Å². The molecule has 0 amide bonds. The van der Waals surface area contributed by atoms with Crippen LogP contribution in [0, 0.1) is 12.7 Å². The lowest BCUT2D eigenvalue weighted by Gasteiger charge is -2.31. The summed E-state index contributed by atoms with van der Waals surface area (Å²) in [5.74, 6) is 0.808. The van der Waals surface area contributed by atoms with Crippen LogP contribution < -0.4 is 5.73 Å². The van der Waals surface area contributed by atoms with Gasteiger partial charge >= 0.3 is 0 Å².